The first kappa shape index (κ1) is 17.9. The molecule has 1 N–H and O–H groups in total. The molecule has 0 unspecified atom stereocenters. The number of aromatic nitrogens is 1. The molecule has 1 heterocycles. The minimum absolute atomic E-state index is 0.00202. The van der Waals surface area contributed by atoms with E-state index < -0.39 is 27.4 Å². The van der Waals surface area contributed by atoms with Gasteiger partial charge in [0.05, 0.1) is 12.0 Å². The Labute approximate surface area is 148 Å². The number of sulfonamides is 1. The Morgan fingerprint density at radius 1 is 1.12 bits per heavy atom. The van der Waals surface area contributed by atoms with Crippen LogP contribution in [0.15, 0.2) is 51.9 Å². The van der Waals surface area contributed by atoms with Gasteiger partial charge < -0.3 is 9.26 Å². The summed E-state index contributed by atoms with van der Waals surface area (Å²) in [6.07, 6.45) is 0. The summed E-state index contributed by atoms with van der Waals surface area (Å²) in [5.41, 5.74) is -0.0382. The molecule has 0 atom stereocenters. The molecular weight excluding hydrogens is 366 g/mol. The SMILES string of the molecule is COc1c(F)cc(-c2noc(C)c2NS(=O)(=O)c2ccccc2)cc1F. The second kappa shape index (κ2) is 6.75. The van der Waals surface area contributed by atoms with Crippen molar-refractivity contribution in [3.05, 3.63) is 59.9 Å². The number of anilines is 1. The summed E-state index contributed by atoms with van der Waals surface area (Å²) >= 11 is 0. The summed E-state index contributed by atoms with van der Waals surface area (Å²) in [6, 6.07) is 9.63. The van der Waals surface area contributed by atoms with Gasteiger partial charge in [-0.25, -0.2) is 17.2 Å². The third kappa shape index (κ3) is 3.25. The molecule has 9 heteroatoms. The van der Waals surface area contributed by atoms with Crippen molar-refractivity contribution in [2.75, 3.05) is 11.8 Å². The van der Waals surface area contributed by atoms with E-state index in [1.165, 1.54) is 19.1 Å². The van der Waals surface area contributed by atoms with Crippen LogP contribution in [0.5, 0.6) is 5.75 Å². The molecule has 0 amide bonds. The molecule has 0 fully saturated rings. The molecule has 0 radical (unpaired) electrons. The highest BCUT2D eigenvalue weighted by molar-refractivity contribution is 7.92. The van der Waals surface area contributed by atoms with Gasteiger partial charge in [-0.2, -0.15) is 0 Å². The molecule has 0 aliphatic carbocycles. The average molecular weight is 380 g/mol. The van der Waals surface area contributed by atoms with E-state index in [1.54, 1.807) is 18.2 Å². The van der Waals surface area contributed by atoms with E-state index >= 15 is 0 Å². The maximum Gasteiger partial charge on any atom is 0.262 e. The van der Waals surface area contributed by atoms with Crippen LogP contribution in [0.3, 0.4) is 0 Å². The molecule has 0 saturated heterocycles. The second-order valence-corrected chi connectivity index (χ2v) is 7.04. The Morgan fingerprint density at radius 2 is 1.73 bits per heavy atom. The van der Waals surface area contributed by atoms with Gasteiger partial charge >= 0.3 is 0 Å². The smallest absolute Gasteiger partial charge is 0.262 e. The fraction of sp³-hybridized carbons (Fsp3) is 0.118. The van der Waals surface area contributed by atoms with Crippen molar-refractivity contribution in [3.8, 4) is 17.0 Å². The Kier molecular flexibility index (Phi) is 4.64. The van der Waals surface area contributed by atoms with Crippen molar-refractivity contribution in [1.82, 2.24) is 5.16 Å². The number of nitrogens with one attached hydrogen (secondary N) is 1. The molecule has 0 bridgehead atoms. The van der Waals surface area contributed by atoms with Gasteiger partial charge in [-0.1, -0.05) is 23.4 Å². The van der Waals surface area contributed by atoms with Gasteiger partial charge in [0.1, 0.15) is 11.4 Å². The minimum Gasteiger partial charge on any atom is -0.491 e. The van der Waals surface area contributed by atoms with Gasteiger partial charge in [-0.3, -0.25) is 4.72 Å². The van der Waals surface area contributed by atoms with Crippen LogP contribution in [0.25, 0.3) is 11.3 Å². The normalized spacial score (nSPS) is 11.4. The zero-order chi connectivity index (χ0) is 18.9. The lowest BCUT2D eigenvalue weighted by Gasteiger charge is -2.09. The maximum absolute atomic E-state index is 14.0. The zero-order valence-electron chi connectivity index (χ0n) is 13.8. The second-order valence-electron chi connectivity index (χ2n) is 5.35. The molecule has 136 valence electrons. The number of hydrogen-bond acceptors (Lipinski definition) is 5. The van der Waals surface area contributed by atoms with Gasteiger partial charge in [0.25, 0.3) is 10.0 Å². The number of halogens is 2. The van der Waals surface area contributed by atoms with E-state index in [1.807, 2.05) is 0 Å². The van der Waals surface area contributed by atoms with Crippen molar-refractivity contribution in [2.45, 2.75) is 11.8 Å². The fourth-order valence-corrected chi connectivity index (χ4v) is 3.52. The Bertz CT molecular complexity index is 1030. The lowest BCUT2D eigenvalue weighted by Crippen LogP contribution is -2.13. The summed E-state index contributed by atoms with van der Waals surface area (Å²) in [5.74, 6) is -2.28. The highest BCUT2D eigenvalue weighted by Crippen LogP contribution is 2.35. The molecule has 0 spiro atoms. The largest absolute Gasteiger partial charge is 0.491 e. The number of benzene rings is 2. The van der Waals surface area contributed by atoms with Gasteiger partial charge in [-0.05, 0) is 31.2 Å². The first-order chi connectivity index (χ1) is 12.3. The molecule has 26 heavy (non-hydrogen) atoms. The van der Waals surface area contributed by atoms with Crippen molar-refractivity contribution in [1.29, 1.82) is 0 Å². The Hall–Kier alpha value is -2.94. The number of ether oxygens (including phenoxy) is 1. The molecule has 6 nitrogen and oxygen atoms in total. The van der Waals surface area contributed by atoms with Crippen molar-refractivity contribution in [3.63, 3.8) is 0 Å². The van der Waals surface area contributed by atoms with Gasteiger partial charge in [-0.15, -0.1) is 0 Å². The topological polar surface area (TPSA) is 81.4 Å². The Balaban J connectivity index is 2.06. The van der Waals surface area contributed by atoms with Gasteiger partial charge in [0, 0.05) is 5.56 Å². The summed E-state index contributed by atoms with van der Waals surface area (Å²) in [5, 5.41) is 3.73. The summed E-state index contributed by atoms with van der Waals surface area (Å²) in [6.45, 7) is 1.48. The van der Waals surface area contributed by atoms with E-state index in [0.29, 0.717) is 0 Å². The lowest BCUT2D eigenvalue weighted by atomic mass is 10.1. The number of aryl methyl sites for hydroxylation is 1. The maximum atomic E-state index is 14.0. The molecule has 0 saturated carbocycles. The van der Waals surface area contributed by atoms with Crippen LogP contribution >= 0.6 is 0 Å². The van der Waals surface area contributed by atoms with Crippen LogP contribution in [-0.2, 0) is 10.0 Å². The number of rotatable bonds is 5. The highest BCUT2D eigenvalue weighted by atomic mass is 32.2. The first-order valence-corrected chi connectivity index (χ1v) is 8.89. The third-order valence-electron chi connectivity index (χ3n) is 3.63. The standard InChI is InChI=1S/C17H14F2N2O4S/c1-10-15(21-26(22,23)12-6-4-3-5-7-12)16(20-25-10)11-8-13(18)17(24-2)14(19)9-11/h3-9,21H,1-2H3. The van der Waals surface area contributed by atoms with Crippen LogP contribution in [0.2, 0.25) is 0 Å². The van der Waals surface area contributed by atoms with Crippen molar-refractivity contribution in [2.24, 2.45) is 0 Å². The van der Waals surface area contributed by atoms with E-state index in [-0.39, 0.29) is 27.6 Å². The fourth-order valence-electron chi connectivity index (χ4n) is 2.37. The molecule has 3 aromatic rings. The van der Waals surface area contributed by atoms with Crippen LogP contribution < -0.4 is 9.46 Å². The van der Waals surface area contributed by atoms with Crippen molar-refractivity contribution < 1.29 is 26.5 Å². The quantitative estimate of drug-likeness (QED) is 0.729. The van der Waals surface area contributed by atoms with Crippen molar-refractivity contribution >= 4 is 15.7 Å². The van der Waals surface area contributed by atoms with Crippen LogP contribution in [-0.4, -0.2) is 20.7 Å². The number of methoxy groups -OCH3 is 1. The number of nitrogens with zero attached hydrogens (tertiary/aromatic N) is 1. The number of hydrogen-bond donors (Lipinski definition) is 1. The van der Waals surface area contributed by atoms with Crippen LogP contribution in [0, 0.1) is 18.6 Å². The summed E-state index contributed by atoms with van der Waals surface area (Å²) in [7, 11) is -2.79. The molecule has 0 aliphatic heterocycles. The van der Waals surface area contributed by atoms with E-state index in [2.05, 4.69) is 14.6 Å². The lowest BCUT2D eigenvalue weighted by molar-refractivity contribution is 0.360. The summed E-state index contributed by atoms with van der Waals surface area (Å²) < 4.78 is 65.0. The van der Waals surface area contributed by atoms with Gasteiger partial charge in [0.2, 0.25) is 0 Å². The van der Waals surface area contributed by atoms with Crippen LogP contribution in [0.4, 0.5) is 14.5 Å². The Morgan fingerprint density at radius 3 is 2.31 bits per heavy atom. The summed E-state index contributed by atoms with van der Waals surface area (Å²) in [4.78, 5) is 0.0265. The first-order valence-electron chi connectivity index (χ1n) is 7.41. The molecule has 0 aliphatic rings. The highest BCUT2D eigenvalue weighted by Gasteiger charge is 2.23. The van der Waals surface area contributed by atoms with E-state index in [4.69, 9.17) is 4.52 Å². The van der Waals surface area contributed by atoms with E-state index in [0.717, 1.165) is 19.2 Å². The third-order valence-corrected chi connectivity index (χ3v) is 4.99. The molecule has 2 aromatic carbocycles. The predicted octanol–water partition coefficient (Wildman–Crippen LogP) is 3.74. The predicted molar refractivity (Wildman–Crippen MR) is 90.4 cm³/mol. The molecule has 1 aromatic heterocycles. The van der Waals surface area contributed by atoms with E-state index in [9.17, 15) is 17.2 Å². The minimum atomic E-state index is -3.93. The van der Waals surface area contributed by atoms with Gasteiger partial charge in [0.15, 0.2) is 23.1 Å². The zero-order valence-corrected chi connectivity index (χ0v) is 14.6. The monoisotopic (exact) mass is 380 g/mol. The van der Waals surface area contributed by atoms with Crippen LogP contribution in [0.1, 0.15) is 5.76 Å². The molecule has 3 rings (SSSR count). The molecular formula is C17H14F2N2O4S. The average Bonchev–Trinajstić information content (AvgIpc) is 2.95.